The number of hydrogen-bond donors (Lipinski definition) is 4. The molecule has 15 heteroatoms. The Morgan fingerprint density at radius 2 is 1.79 bits per heavy atom. The maximum Gasteiger partial charge on any atom is 0.490 e. The Kier molecular flexibility index (Phi) is 9.55. The molecule has 0 aliphatic carbocycles. The van der Waals surface area contributed by atoms with Gasteiger partial charge < -0.3 is 36.4 Å². The van der Waals surface area contributed by atoms with Crippen LogP contribution in [-0.4, -0.2) is 88.0 Å². The molecule has 4 atom stereocenters. The fourth-order valence-corrected chi connectivity index (χ4v) is 4.29. The molecule has 2 aliphatic rings. The SMILES string of the molecule is CC(C)CC(C(=O)N1CC2(C[C@H]1C(N)=O)Oc1ccccc1NC2=O)N(C)C(=O)C(C)N.O=C(O)C(F)(F)F. The number of hydrogen-bond acceptors (Lipinski definition) is 7. The second-order valence-electron chi connectivity index (χ2n) is 9.82. The van der Waals surface area contributed by atoms with Gasteiger partial charge in [0.25, 0.3) is 5.91 Å². The monoisotopic (exact) mass is 559 g/mol. The van der Waals surface area contributed by atoms with E-state index in [-0.39, 0.29) is 18.9 Å². The van der Waals surface area contributed by atoms with Crippen molar-refractivity contribution in [2.45, 2.75) is 63.5 Å². The van der Waals surface area contributed by atoms with E-state index in [2.05, 4.69) is 5.32 Å². The van der Waals surface area contributed by atoms with Crippen molar-refractivity contribution < 1.29 is 47.0 Å². The van der Waals surface area contributed by atoms with Crippen molar-refractivity contribution in [3.63, 3.8) is 0 Å². The van der Waals surface area contributed by atoms with Crippen LogP contribution in [0.2, 0.25) is 0 Å². The van der Waals surface area contributed by atoms with Gasteiger partial charge in [-0.25, -0.2) is 4.79 Å². The highest BCUT2D eigenvalue weighted by Crippen LogP contribution is 2.40. The third-order valence-electron chi connectivity index (χ3n) is 6.22. The summed E-state index contributed by atoms with van der Waals surface area (Å²) in [4.78, 5) is 62.9. The second kappa shape index (κ2) is 11.9. The molecule has 0 aromatic heterocycles. The van der Waals surface area contributed by atoms with Gasteiger partial charge in [-0.3, -0.25) is 19.2 Å². The summed E-state index contributed by atoms with van der Waals surface area (Å²) in [6.07, 6.45) is -4.80. The zero-order chi connectivity index (χ0) is 29.9. The van der Waals surface area contributed by atoms with Crippen LogP contribution >= 0.6 is 0 Å². The van der Waals surface area contributed by atoms with Gasteiger partial charge in [-0.2, -0.15) is 13.2 Å². The van der Waals surface area contributed by atoms with Crippen LogP contribution in [0.1, 0.15) is 33.6 Å². The number of nitrogens with one attached hydrogen (secondary N) is 1. The fraction of sp³-hybridized carbons (Fsp3) is 0.542. The molecule has 3 rings (SSSR count). The molecule has 2 heterocycles. The molecule has 1 saturated heterocycles. The van der Waals surface area contributed by atoms with E-state index >= 15 is 0 Å². The number of nitrogens with zero attached hydrogens (tertiary/aromatic N) is 2. The number of amides is 4. The zero-order valence-electron chi connectivity index (χ0n) is 21.8. The molecule has 216 valence electrons. The number of likely N-dealkylation sites (N-methyl/N-ethyl adjacent to an activating group) is 1. The maximum absolute atomic E-state index is 13.6. The van der Waals surface area contributed by atoms with Crippen molar-refractivity contribution in [1.82, 2.24) is 9.80 Å². The standard InChI is InChI=1S/C22H31N5O5.C2HF3O2/c1-12(2)9-15(26(4)19(29)13(3)23)20(30)27-11-22(10-16(27)18(24)28)21(31)25-14-7-5-6-8-17(14)32-22;3-2(4,5)1(6)7/h5-8,12-13,15-16H,9-11,23H2,1-4H3,(H2,24,28)(H,25,31);(H,6,7)/t13?,15?,16-,22?;/m0./s1. The van der Waals surface area contributed by atoms with Crippen LogP contribution in [0.4, 0.5) is 18.9 Å². The normalized spacial score (nSPS) is 21.6. The number of carboxylic acids is 1. The smallest absolute Gasteiger partial charge is 0.475 e. The number of nitrogens with two attached hydrogens (primary N) is 2. The molecule has 3 unspecified atom stereocenters. The summed E-state index contributed by atoms with van der Waals surface area (Å²) in [6, 6.07) is 4.24. The first-order valence-electron chi connectivity index (χ1n) is 11.9. The van der Waals surface area contributed by atoms with Gasteiger partial charge in [-0.15, -0.1) is 0 Å². The van der Waals surface area contributed by atoms with Crippen LogP contribution < -0.4 is 21.5 Å². The third-order valence-corrected chi connectivity index (χ3v) is 6.22. The molecule has 2 aliphatic heterocycles. The zero-order valence-corrected chi connectivity index (χ0v) is 21.8. The number of halogens is 3. The number of likely N-dealkylation sites (tertiary alicyclic amines) is 1. The van der Waals surface area contributed by atoms with Crippen molar-refractivity contribution in [3.05, 3.63) is 24.3 Å². The van der Waals surface area contributed by atoms with E-state index < -0.39 is 59.5 Å². The number of carboxylic acid groups (broad SMARTS) is 1. The molecule has 0 bridgehead atoms. The molecular formula is C24H32F3N5O7. The number of alkyl halides is 3. The topological polar surface area (TPSA) is 185 Å². The number of aliphatic carboxylic acids is 1. The molecule has 1 fully saturated rings. The van der Waals surface area contributed by atoms with Crippen LogP contribution in [0.25, 0.3) is 0 Å². The van der Waals surface area contributed by atoms with Crippen LogP contribution in [0, 0.1) is 5.92 Å². The average Bonchev–Trinajstić information content (AvgIpc) is 3.22. The summed E-state index contributed by atoms with van der Waals surface area (Å²) in [5.74, 6) is -4.27. The highest BCUT2D eigenvalue weighted by atomic mass is 19.4. The largest absolute Gasteiger partial charge is 0.490 e. The van der Waals surface area contributed by atoms with Gasteiger partial charge in [0.05, 0.1) is 18.3 Å². The van der Waals surface area contributed by atoms with E-state index in [1.165, 1.54) is 16.8 Å². The summed E-state index contributed by atoms with van der Waals surface area (Å²) in [6.45, 7) is 5.24. The molecule has 1 aromatic rings. The Bertz CT molecular complexity index is 1130. The lowest BCUT2D eigenvalue weighted by atomic mass is 9.96. The van der Waals surface area contributed by atoms with Crippen LogP contribution in [0.3, 0.4) is 0 Å². The van der Waals surface area contributed by atoms with Crippen molar-refractivity contribution in [2.24, 2.45) is 17.4 Å². The number of ether oxygens (including phenoxy) is 1. The molecule has 6 N–H and O–H groups in total. The average molecular weight is 560 g/mol. The first kappa shape index (κ1) is 31.3. The Morgan fingerprint density at radius 3 is 2.28 bits per heavy atom. The Balaban J connectivity index is 0.000000673. The van der Waals surface area contributed by atoms with Gasteiger partial charge in [0.2, 0.25) is 23.3 Å². The molecule has 4 amide bonds. The van der Waals surface area contributed by atoms with Crippen LogP contribution in [0.15, 0.2) is 24.3 Å². The fourth-order valence-electron chi connectivity index (χ4n) is 4.29. The minimum atomic E-state index is -5.08. The van der Waals surface area contributed by atoms with Crippen molar-refractivity contribution in [3.8, 4) is 5.75 Å². The Hall–Kier alpha value is -3.88. The quantitative estimate of drug-likeness (QED) is 0.392. The first-order chi connectivity index (χ1) is 17.9. The summed E-state index contributed by atoms with van der Waals surface area (Å²) in [5, 5.41) is 9.92. The van der Waals surface area contributed by atoms with Gasteiger partial charge in [0.15, 0.2) is 0 Å². The van der Waals surface area contributed by atoms with E-state index in [1.54, 1.807) is 31.2 Å². The number of carbonyl (C=O) groups is 5. The van der Waals surface area contributed by atoms with Crippen molar-refractivity contribution in [2.75, 3.05) is 18.9 Å². The van der Waals surface area contributed by atoms with Crippen molar-refractivity contribution >= 4 is 35.3 Å². The summed E-state index contributed by atoms with van der Waals surface area (Å²) in [5.41, 5.74) is 10.4. The molecule has 12 nitrogen and oxygen atoms in total. The van der Waals surface area contributed by atoms with E-state index in [4.69, 9.17) is 26.1 Å². The predicted octanol–water partition coefficient (Wildman–Crippen LogP) is 0.696. The maximum atomic E-state index is 13.6. The van der Waals surface area contributed by atoms with Crippen molar-refractivity contribution in [1.29, 1.82) is 0 Å². The number of rotatable bonds is 6. The van der Waals surface area contributed by atoms with E-state index in [1.807, 2.05) is 13.8 Å². The van der Waals surface area contributed by atoms with Crippen LogP contribution in [-0.2, 0) is 24.0 Å². The molecule has 1 spiro atoms. The number of primary amides is 1. The molecule has 1 aromatic carbocycles. The minimum absolute atomic E-state index is 0.0758. The van der Waals surface area contributed by atoms with E-state index in [0.717, 1.165) is 0 Å². The number of benzene rings is 1. The van der Waals surface area contributed by atoms with Gasteiger partial charge in [0.1, 0.15) is 17.8 Å². The van der Waals surface area contributed by atoms with E-state index in [9.17, 15) is 32.3 Å². The number of anilines is 1. The molecule has 39 heavy (non-hydrogen) atoms. The first-order valence-corrected chi connectivity index (χ1v) is 11.9. The predicted molar refractivity (Wildman–Crippen MR) is 131 cm³/mol. The highest BCUT2D eigenvalue weighted by Gasteiger charge is 2.57. The summed E-state index contributed by atoms with van der Waals surface area (Å²) in [7, 11) is 1.52. The lowest BCUT2D eigenvalue weighted by Crippen LogP contribution is -2.57. The minimum Gasteiger partial charge on any atom is -0.475 e. The van der Waals surface area contributed by atoms with Gasteiger partial charge in [-0.05, 0) is 31.4 Å². The number of para-hydroxylation sites is 2. The highest BCUT2D eigenvalue weighted by molar-refractivity contribution is 6.03. The Labute approximate surface area is 222 Å². The van der Waals surface area contributed by atoms with E-state index in [0.29, 0.717) is 17.9 Å². The Morgan fingerprint density at radius 1 is 1.23 bits per heavy atom. The van der Waals surface area contributed by atoms with Gasteiger partial charge >= 0.3 is 12.1 Å². The molecular weight excluding hydrogens is 527 g/mol. The van der Waals surface area contributed by atoms with Crippen LogP contribution in [0.5, 0.6) is 5.75 Å². The molecule has 0 saturated carbocycles. The summed E-state index contributed by atoms with van der Waals surface area (Å²) >= 11 is 0. The number of carbonyl (C=O) groups excluding carboxylic acids is 4. The number of fused-ring (bicyclic) bond motifs is 1. The third kappa shape index (κ3) is 7.16. The molecule has 0 radical (unpaired) electrons. The lowest BCUT2D eigenvalue weighted by Gasteiger charge is -2.36. The lowest BCUT2D eigenvalue weighted by molar-refractivity contribution is -0.192. The van der Waals surface area contributed by atoms with Gasteiger partial charge in [-0.1, -0.05) is 26.0 Å². The second-order valence-corrected chi connectivity index (χ2v) is 9.82. The van der Waals surface area contributed by atoms with Gasteiger partial charge in [0, 0.05) is 13.5 Å². The summed E-state index contributed by atoms with van der Waals surface area (Å²) < 4.78 is 37.8.